The van der Waals surface area contributed by atoms with Crippen molar-refractivity contribution < 1.29 is 24.2 Å². The molecule has 1 fully saturated rings. The summed E-state index contributed by atoms with van der Waals surface area (Å²) in [5.41, 5.74) is 3.32. The first kappa shape index (κ1) is 24.5. The molecule has 2 aromatic carbocycles. The smallest absolute Gasteiger partial charge is 0.413 e. The molecule has 0 aliphatic heterocycles. The number of nitrogens with one attached hydrogen (secondary N) is 1. The van der Waals surface area contributed by atoms with E-state index in [1.807, 2.05) is 61.5 Å². The third kappa shape index (κ3) is 6.93. The van der Waals surface area contributed by atoms with Crippen molar-refractivity contribution in [3.63, 3.8) is 0 Å². The molecule has 2 atom stereocenters. The highest BCUT2D eigenvalue weighted by Crippen LogP contribution is 2.35. The Morgan fingerprint density at radius 1 is 1.14 bits per heavy atom. The number of imidazole rings is 1. The lowest BCUT2D eigenvalue weighted by Gasteiger charge is -2.16. The summed E-state index contributed by atoms with van der Waals surface area (Å²) in [6.45, 7) is 2.17. The number of aliphatic carboxylic acids is 1. The maximum Gasteiger partial charge on any atom is 0.413 e. The van der Waals surface area contributed by atoms with E-state index in [4.69, 9.17) is 14.6 Å². The average Bonchev–Trinajstić information content (AvgIpc) is 3.59. The van der Waals surface area contributed by atoms with Gasteiger partial charge in [-0.05, 0) is 30.4 Å². The Balaban J connectivity index is 1.38. The summed E-state index contributed by atoms with van der Waals surface area (Å²) in [5.74, 6) is 0.294. The minimum Gasteiger partial charge on any atom is -0.481 e. The van der Waals surface area contributed by atoms with Gasteiger partial charge in [0.1, 0.15) is 17.6 Å². The van der Waals surface area contributed by atoms with Gasteiger partial charge in [0.15, 0.2) is 0 Å². The predicted molar refractivity (Wildman–Crippen MR) is 132 cm³/mol. The molecular formula is C27H31N3O5. The van der Waals surface area contributed by atoms with Gasteiger partial charge in [-0.2, -0.15) is 0 Å². The largest absolute Gasteiger partial charge is 0.481 e. The summed E-state index contributed by atoms with van der Waals surface area (Å²) in [6, 6.07) is 17.2. The van der Waals surface area contributed by atoms with Gasteiger partial charge in [0.2, 0.25) is 0 Å². The fourth-order valence-electron chi connectivity index (χ4n) is 3.97. The van der Waals surface area contributed by atoms with E-state index in [1.165, 1.54) is 0 Å². The molecule has 1 saturated carbocycles. The Bertz CT molecular complexity index is 1140. The summed E-state index contributed by atoms with van der Waals surface area (Å²) in [5, 5.41) is 12.0. The average molecular weight is 478 g/mol. The topological polar surface area (TPSA) is 103 Å². The Hall–Kier alpha value is -3.65. The number of carboxylic acids is 1. The summed E-state index contributed by atoms with van der Waals surface area (Å²) in [7, 11) is 1.80. The molecule has 1 amide bonds. The van der Waals surface area contributed by atoms with Crippen molar-refractivity contribution >= 4 is 17.9 Å². The SMILES string of the molecule is CC(OC(=O)Nc1c(-c2ccc(COC(CC(=O)O)CC3CC3)cc2)ncn1C)c1ccccc1. The van der Waals surface area contributed by atoms with Crippen molar-refractivity contribution in [2.45, 2.75) is 51.4 Å². The summed E-state index contributed by atoms with van der Waals surface area (Å²) < 4.78 is 13.2. The summed E-state index contributed by atoms with van der Waals surface area (Å²) >= 11 is 0. The zero-order valence-corrected chi connectivity index (χ0v) is 20.0. The van der Waals surface area contributed by atoms with Crippen LogP contribution in [0.25, 0.3) is 11.3 Å². The van der Waals surface area contributed by atoms with E-state index in [2.05, 4.69) is 10.3 Å². The van der Waals surface area contributed by atoms with E-state index >= 15 is 0 Å². The van der Waals surface area contributed by atoms with Crippen molar-refractivity contribution in [2.75, 3.05) is 5.32 Å². The van der Waals surface area contributed by atoms with E-state index < -0.39 is 18.2 Å². The predicted octanol–water partition coefficient (Wildman–Crippen LogP) is 5.56. The lowest BCUT2D eigenvalue weighted by atomic mass is 10.1. The number of nitrogens with zero attached hydrogens (tertiary/aromatic N) is 2. The number of anilines is 1. The van der Waals surface area contributed by atoms with Gasteiger partial charge in [-0.1, -0.05) is 67.4 Å². The zero-order chi connectivity index (χ0) is 24.8. The third-order valence-corrected chi connectivity index (χ3v) is 6.12. The molecule has 0 bridgehead atoms. The maximum absolute atomic E-state index is 12.6. The van der Waals surface area contributed by atoms with E-state index in [1.54, 1.807) is 17.9 Å². The molecule has 0 radical (unpaired) electrons. The van der Waals surface area contributed by atoms with Crippen LogP contribution in [-0.2, 0) is 27.9 Å². The molecule has 3 aromatic rings. The Labute approximate surface area is 204 Å². The minimum absolute atomic E-state index is 0.0243. The lowest BCUT2D eigenvalue weighted by molar-refractivity contribution is -0.140. The number of aromatic nitrogens is 2. The Morgan fingerprint density at radius 3 is 2.51 bits per heavy atom. The van der Waals surface area contributed by atoms with Gasteiger partial charge in [0.25, 0.3) is 0 Å². The fraction of sp³-hybridized carbons (Fsp3) is 0.370. The number of rotatable bonds is 11. The van der Waals surface area contributed by atoms with Crippen LogP contribution in [0.1, 0.15) is 49.8 Å². The highest BCUT2D eigenvalue weighted by molar-refractivity contribution is 5.89. The number of ether oxygens (including phenoxy) is 2. The molecule has 1 aromatic heterocycles. The lowest BCUT2D eigenvalue weighted by Crippen LogP contribution is -2.18. The second kappa shape index (κ2) is 11.2. The minimum atomic E-state index is -0.835. The summed E-state index contributed by atoms with van der Waals surface area (Å²) in [6.07, 6.45) is 3.56. The highest BCUT2D eigenvalue weighted by atomic mass is 16.6. The van der Waals surface area contributed by atoms with E-state index in [0.717, 1.165) is 36.0 Å². The quantitative estimate of drug-likeness (QED) is 0.375. The maximum atomic E-state index is 12.6. The van der Waals surface area contributed by atoms with E-state index in [9.17, 15) is 9.59 Å². The van der Waals surface area contributed by atoms with Gasteiger partial charge in [-0.15, -0.1) is 0 Å². The van der Waals surface area contributed by atoms with Crippen molar-refractivity contribution in [1.29, 1.82) is 0 Å². The molecule has 184 valence electrons. The second-order valence-electron chi connectivity index (χ2n) is 9.04. The van der Waals surface area contributed by atoms with Crippen LogP contribution in [0.2, 0.25) is 0 Å². The molecule has 8 nitrogen and oxygen atoms in total. The van der Waals surface area contributed by atoms with Crippen molar-refractivity contribution in [3.8, 4) is 11.3 Å². The monoisotopic (exact) mass is 477 g/mol. The number of carbonyl (C=O) groups is 2. The van der Waals surface area contributed by atoms with Crippen LogP contribution in [0, 0.1) is 5.92 Å². The number of carboxylic acid groups (broad SMARTS) is 1. The van der Waals surface area contributed by atoms with Gasteiger partial charge < -0.3 is 19.1 Å². The number of hydrogen-bond acceptors (Lipinski definition) is 5. The molecule has 0 spiro atoms. The van der Waals surface area contributed by atoms with Gasteiger partial charge in [-0.3, -0.25) is 10.1 Å². The number of carbonyl (C=O) groups excluding carboxylic acids is 1. The van der Waals surface area contributed by atoms with Crippen LogP contribution >= 0.6 is 0 Å². The van der Waals surface area contributed by atoms with E-state index in [0.29, 0.717) is 24.0 Å². The molecule has 1 aliphatic rings. The number of aryl methyl sites for hydroxylation is 1. The first-order valence-electron chi connectivity index (χ1n) is 11.9. The van der Waals surface area contributed by atoms with Crippen LogP contribution < -0.4 is 5.32 Å². The first-order chi connectivity index (χ1) is 16.9. The van der Waals surface area contributed by atoms with Gasteiger partial charge in [0.05, 0.1) is 25.5 Å². The molecule has 1 aliphatic carbocycles. The molecule has 35 heavy (non-hydrogen) atoms. The van der Waals surface area contributed by atoms with Crippen LogP contribution in [0.4, 0.5) is 10.6 Å². The number of hydrogen-bond donors (Lipinski definition) is 2. The molecule has 4 rings (SSSR count). The molecule has 2 N–H and O–H groups in total. The Kier molecular flexibility index (Phi) is 7.82. The normalized spacial score (nSPS) is 14.8. The number of amides is 1. The third-order valence-electron chi connectivity index (χ3n) is 6.12. The van der Waals surface area contributed by atoms with Crippen molar-refractivity contribution in [2.24, 2.45) is 13.0 Å². The van der Waals surface area contributed by atoms with Crippen LogP contribution in [0.3, 0.4) is 0 Å². The van der Waals surface area contributed by atoms with Gasteiger partial charge in [0, 0.05) is 12.6 Å². The van der Waals surface area contributed by atoms with Crippen LogP contribution in [0.15, 0.2) is 60.9 Å². The van der Waals surface area contributed by atoms with Crippen molar-refractivity contribution in [3.05, 3.63) is 72.1 Å². The van der Waals surface area contributed by atoms with Gasteiger partial charge >= 0.3 is 12.1 Å². The van der Waals surface area contributed by atoms with E-state index in [-0.39, 0.29) is 12.5 Å². The first-order valence-corrected chi connectivity index (χ1v) is 11.9. The molecule has 8 heteroatoms. The zero-order valence-electron chi connectivity index (χ0n) is 20.0. The summed E-state index contributed by atoms with van der Waals surface area (Å²) in [4.78, 5) is 28.1. The molecule has 2 unspecified atom stereocenters. The highest BCUT2D eigenvalue weighted by Gasteiger charge is 2.27. The standard InChI is InChI=1S/C27H31N3O5/c1-18(21-6-4-3-5-7-21)35-27(33)29-26-25(28-17-30(26)2)22-12-10-20(11-13-22)16-34-23(15-24(31)32)14-19-8-9-19/h3-7,10-13,17-19,23H,8-9,14-16H2,1-2H3,(H,29,33)(H,31,32). The van der Waals surface area contributed by atoms with Crippen molar-refractivity contribution in [1.82, 2.24) is 9.55 Å². The molecule has 0 saturated heterocycles. The Morgan fingerprint density at radius 2 is 1.86 bits per heavy atom. The van der Waals surface area contributed by atoms with Crippen LogP contribution in [0.5, 0.6) is 0 Å². The second-order valence-corrected chi connectivity index (χ2v) is 9.04. The van der Waals surface area contributed by atoms with Gasteiger partial charge in [-0.25, -0.2) is 9.78 Å². The number of benzene rings is 2. The molecule has 1 heterocycles. The van der Waals surface area contributed by atoms with Crippen LogP contribution in [-0.4, -0.2) is 32.8 Å². The fourth-order valence-corrected chi connectivity index (χ4v) is 3.97. The molecular weight excluding hydrogens is 446 g/mol.